The number of halogens is 2. The number of carbonyl (C=O) groups is 3. The number of nitrogens with zero attached hydrogens (tertiary/aromatic N) is 3. The molecule has 0 atom stereocenters. The fourth-order valence-corrected chi connectivity index (χ4v) is 3.82. The molecule has 4 rings (SSSR count). The number of amides is 3. The summed E-state index contributed by atoms with van der Waals surface area (Å²) in [7, 11) is 0. The predicted molar refractivity (Wildman–Crippen MR) is 115 cm³/mol. The van der Waals surface area contributed by atoms with Crippen molar-refractivity contribution >= 4 is 34.9 Å². The van der Waals surface area contributed by atoms with E-state index in [1.54, 1.807) is 6.20 Å². The fourth-order valence-electron chi connectivity index (χ4n) is 2.96. The van der Waals surface area contributed by atoms with Crippen molar-refractivity contribution < 1.29 is 23.2 Å². The minimum atomic E-state index is -0.473. The third-order valence-electron chi connectivity index (χ3n) is 4.58. The largest absolute Gasteiger partial charge is 0.349 e. The van der Waals surface area contributed by atoms with Gasteiger partial charge in [0.05, 0.1) is 10.6 Å². The van der Waals surface area contributed by atoms with Gasteiger partial charge in [-0.2, -0.15) is 5.10 Å². The number of rotatable bonds is 6. The maximum absolute atomic E-state index is 13.0. The molecule has 32 heavy (non-hydrogen) atoms. The highest BCUT2D eigenvalue weighted by Gasteiger charge is 2.34. The van der Waals surface area contributed by atoms with Crippen LogP contribution >= 0.6 is 11.8 Å². The number of thioether (sulfide) groups is 1. The van der Waals surface area contributed by atoms with Gasteiger partial charge in [0, 0.05) is 19.3 Å². The number of nitrogens with one attached hydrogen (secondary N) is 1. The van der Waals surface area contributed by atoms with Gasteiger partial charge < -0.3 is 5.32 Å². The van der Waals surface area contributed by atoms with E-state index in [2.05, 4.69) is 10.4 Å². The maximum Gasteiger partial charge on any atom is 0.293 e. The molecule has 1 saturated heterocycles. The van der Waals surface area contributed by atoms with Crippen LogP contribution in [0.4, 0.5) is 13.6 Å². The van der Waals surface area contributed by atoms with E-state index in [0.717, 1.165) is 16.7 Å². The van der Waals surface area contributed by atoms with Crippen molar-refractivity contribution in [1.82, 2.24) is 20.0 Å². The molecule has 0 unspecified atom stereocenters. The van der Waals surface area contributed by atoms with Crippen molar-refractivity contribution in [2.75, 3.05) is 13.1 Å². The molecule has 2 heterocycles. The van der Waals surface area contributed by atoms with Crippen LogP contribution in [0.2, 0.25) is 0 Å². The molecule has 0 aliphatic carbocycles. The zero-order chi connectivity index (χ0) is 22.7. The first kappa shape index (κ1) is 21.4. The second kappa shape index (κ2) is 9.15. The third-order valence-corrected chi connectivity index (χ3v) is 5.48. The molecule has 3 amide bonds. The molecule has 0 radical (unpaired) electrons. The fraction of sp³-hybridized carbons (Fsp3) is 0.0909. The summed E-state index contributed by atoms with van der Waals surface area (Å²) in [6.07, 6.45) is 3.09. The summed E-state index contributed by atoms with van der Waals surface area (Å²) in [5, 5.41) is 6.32. The van der Waals surface area contributed by atoms with Crippen LogP contribution in [0.15, 0.2) is 65.7 Å². The number of hydrogen-bond donors (Lipinski definition) is 1. The van der Waals surface area contributed by atoms with E-state index in [4.69, 9.17) is 0 Å². The number of carbonyl (C=O) groups excluding carboxylic acids is 3. The average molecular weight is 454 g/mol. The van der Waals surface area contributed by atoms with Crippen LogP contribution in [0.1, 0.15) is 16.1 Å². The maximum atomic E-state index is 13.0. The van der Waals surface area contributed by atoms with Crippen LogP contribution in [-0.2, 0) is 4.79 Å². The minimum Gasteiger partial charge on any atom is -0.349 e. The van der Waals surface area contributed by atoms with Gasteiger partial charge in [-0.3, -0.25) is 19.3 Å². The lowest BCUT2D eigenvalue weighted by atomic mass is 10.2. The van der Waals surface area contributed by atoms with Crippen molar-refractivity contribution in [2.24, 2.45) is 0 Å². The molecule has 1 aliphatic heterocycles. The molecule has 1 N–H and O–H groups in total. The Bertz CT molecular complexity index is 1210. The number of hydrogen-bond acceptors (Lipinski definition) is 5. The highest BCUT2D eigenvalue weighted by molar-refractivity contribution is 8.18. The second-order valence-corrected chi connectivity index (χ2v) is 7.76. The Balaban J connectivity index is 1.33. The molecule has 2 aromatic carbocycles. The second-order valence-electron chi connectivity index (χ2n) is 6.76. The summed E-state index contributed by atoms with van der Waals surface area (Å²) < 4.78 is 27.5. The van der Waals surface area contributed by atoms with Crippen molar-refractivity contribution in [1.29, 1.82) is 0 Å². The van der Waals surface area contributed by atoms with Crippen molar-refractivity contribution in [2.45, 2.75) is 0 Å². The molecule has 1 aliphatic rings. The highest BCUT2D eigenvalue weighted by Crippen LogP contribution is 2.31. The highest BCUT2D eigenvalue weighted by atomic mass is 32.2. The van der Waals surface area contributed by atoms with Crippen LogP contribution in [0.3, 0.4) is 0 Å². The summed E-state index contributed by atoms with van der Waals surface area (Å²) in [4.78, 5) is 38.3. The predicted octanol–water partition coefficient (Wildman–Crippen LogP) is 3.62. The molecule has 10 heteroatoms. The Morgan fingerprint density at radius 3 is 2.34 bits per heavy atom. The summed E-state index contributed by atoms with van der Waals surface area (Å²) >= 11 is 0.788. The number of benzene rings is 2. The van der Waals surface area contributed by atoms with Gasteiger partial charge in [0.15, 0.2) is 5.69 Å². The first-order chi connectivity index (χ1) is 15.4. The summed E-state index contributed by atoms with van der Waals surface area (Å²) in [6, 6.07) is 12.7. The smallest absolute Gasteiger partial charge is 0.293 e. The third kappa shape index (κ3) is 4.75. The van der Waals surface area contributed by atoms with Gasteiger partial charge in [-0.1, -0.05) is 12.1 Å². The molecule has 7 nitrogen and oxygen atoms in total. The topological polar surface area (TPSA) is 84.3 Å². The van der Waals surface area contributed by atoms with Gasteiger partial charge in [-0.15, -0.1) is 0 Å². The summed E-state index contributed by atoms with van der Waals surface area (Å²) in [5.41, 5.74) is 1.33. The van der Waals surface area contributed by atoms with E-state index in [0.29, 0.717) is 11.3 Å². The molecule has 162 valence electrons. The first-order valence-electron chi connectivity index (χ1n) is 9.51. The molecular weight excluding hydrogens is 438 g/mol. The molecule has 0 spiro atoms. The van der Waals surface area contributed by atoms with Crippen molar-refractivity contribution in [3.05, 3.63) is 88.6 Å². The van der Waals surface area contributed by atoms with Crippen LogP contribution in [0.25, 0.3) is 11.8 Å². The quantitative estimate of drug-likeness (QED) is 0.576. The molecule has 0 saturated carbocycles. The Kier molecular flexibility index (Phi) is 6.13. The van der Waals surface area contributed by atoms with E-state index >= 15 is 0 Å². The molecule has 1 aromatic heterocycles. The van der Waals surface area contributed by atoms with Crippen LogP contribution in [0, 0.1) is 11.6 Å². The zero-order valence-electron chi connectivity index (χ0n) is 16.5. The molecule has 0 bridgehead atoms. The van der Waals surface area contributed by atoms with Gasteiger partial charge in [0.2, 0.25) is 0 Å². The van der Waals surface area contributed by atoms with E-state index in [9.17, 15) is 23.2 Å². The zero-order valence-corrected chi connectivity index (χ0v) is 17.3. The van der Waals surface area contributed by atoms with Crippen LogP contribution < -0.4 is 5.32 Å². The lowest BCUT2D eigenvalue weighted by molar-refractivity contribution is -0.122. The van der Waals surface area contributed by atoms with E-state index in [1.165, 1.54) is 65.4 Å². The molecular formula is C22H16F2N4O3S. The van der Waals surface area contributed by atoms with Crippen LogP contribution in [-0.4, -0.2) is 44.8 Å². The van der Waals surface area contributed by atoms with Gasteiger partial charge in [-0.25, -0.2) is 13.5 Å². The summed E-state index contributed by atoms with van der Waals surface area (Å²) in [5.74, 6) is -1.72. The van der Waals surface area contributed by atoms with E-state index in [1.807, 2.05) is 0 Å². The standard InChI is InChI=1S/C22H16F2N4O3S/c23-15-3-1-14(2-4-15)13-19-21(30)27(22(31)32-19)12-10-25-20(29)18-9-11-28(26-18)17-7-5-16(24)6-8-17/h1-9,11,13H,10,12H2,(H,25,29)/b19-13-. The summed E-state index contributed by atoms with van der Waals surface area (Å²) in [6.45, 7) is 0.0416. The first-order valence-corrected chi connectivity index (χ1v) is 10.3. The normalized spacial score (nSPS) is 14.9. The Morgan fingerprint density at radius 2 is 1.66 bits per heavy atom. The van der Waals surface area contributed by atoms with E-state index in [-0.39, 0.29) is 29.5 Å². The van der Waals surface area contributed by atoms with Crippen molar-refractivity contribution in [3.8, 4) is 5.69 Å². The number of aromatic nitrogens is 2. The van der Waals surface area contributed by atoms with Crippen molar-refractivity contribution in [3.63, 3.8) is 0 Å². The lowest BCUT2D eigenvalue weighted by Gasteiger charge is -2.12. The number of imide groups is 1. The average Bonchev–Trinajstić information content (AvgIpc) is 3.37. The van der Waals surface area contributed by atoms with Gasteiger partial charge in [0.25, 0.3) is 17.1 Å². The lowest BCUT2D eigenvalue weighted by Crippen LogP contribution is -2.37. The van der Waals surface area contributed by atoms with Gasteiger partial charge in [-0.05, 0) is 65.9 Å². The monoisotopic (exact) mass is 454 g/mol. The van der Waals surface area contributed by atoms with Crippen LogP contribution in [0.5, 0.6) is 0 Å². The van der Waals surface area contributed by atoms with E-state index < -0.39 is 22.9 Å². The Labute approximate surface area is 185 Å². The van der Waals surface area contributed by atoms with Gasteiger partial charge in [0.1, 0.15) is 11.6 Å². The SMILES string of the molecule is O=C(NCCN1C(=O)S/C(=C\c2ccc(F)cc2)C1=O)c1ccn(-c2ccc(F)cc2)n1. The Morgan fingerprint density at radius 1 is 1.00 bits per heavy atom. The minimum absolute atomic E-state index is 0.00413. The van der Waals surface area contributed by atoms with Gasteiger partial charge >= 0.3 is 0 Å². The Hall–Kier alpha value is -3.79. The molecule has 3 aromatic rings. The molecule has 1 fully saturated rings.